The fraction of sp³-hybridized carbons (Fsp3) is 0.650. The van der Waals surface area contributed by atoms with Gasteiger partial charge >= 0.3 is 0 Å². The van der Waals surface area contributed by atoms with Gasteiger partial charge in [-0.3, -0.25) is 9.69 Å². The fourth-order valence-corrected chi connectivity index (χ4v) is 5.94. The number of sulfonamides is 1. The molecule has 2 aliphatic rings. The lowest BCUT2D eigenvalue weighted by molar-refractivity contribution is 0.0608. The van der Waals surface area contributed by atoms with Crippen LogP contribution in [-0.4, -0.2) is 73.7 Å². The van der Waals surface area contributed by atoms with Gasteiger partial charge in [-0.2, -0.15) is 4.31 Å². The Bertz CT molecular complexity index is 805. The van der Waals surface area contributed by atoms with Crippen molar-refractivity contribution < 1.29 is 13.2 Å². The van der Waals surface area contributed by atoms with E-state index >= 15 is 0 Å². The molecule has 0 N–H and O–H groups in total. The minimum absolute atomic E-state index is 0.122. The Morgan fingerprint density at radius 2 is 1.82 bits per heavy atom. The average molecular weight is 428 g/mol. The maximum atomic E-state index is 13.2. The molecule has 1 aromatic rings. The van der Waals surface area contributed by atoms with Crippen LogP contribution in [0.1, 0.15) is 49.9 Å². The van der Waals surface area contributed by atoms with E-state index in [2.05, 4.69) is 4.90 Å². The van der Waals surface area contributed by atoms with E-state index < -0.39 is 10.0 Å². The Morgan fingerprint density at radius 3 is 2.46 bits per heavy atom. The van der Waals surface area contributed by atoms with E-state index in [4.69, 9.17) is 11.6 Å². The summed E-state index contributed by atoms with van der Waals surface area (Å²) in [5.41, 5.74) is 0.275. The molecule has 6 nitrogen and oxygen atoms in total. The molecule has 0 radical (unpaired) electrons. The first-order valence-electron chi connectivity index (χ1n) is 10.2. The molecule has 2 aliphatic heterocycles. The summed E-state index contributed by atoms with van der Waals surface area (Å²) >= 11 is 6.30. The Kier molecular flexibility index (Phi) is 7.02. The molecule has 0 aromatic heterocycles. The van der Waals surface area contributed by atoms with Crippen LogP contribution in [0.25, 0.3) is 0 Å². The molecule has 1 atom stereocenters. The minimum atomic E-state index is -3.63. The number of piperidine rings is 1. The van der Waals surface area contributed by atoms with Crippen LogP contribution >= 0.6 is 11.6 Å². The van der Waals surface area contributed by atoms with Crippen LogP contribution in [0.5, 0.6) is 0 Å². The highest BCUT2D eigenvalue weighted by atomic mass is 35.5. The molecule has 156 valence electrons. The van der Waals surface area contributed by atoms with Gasteiger partial charge in [0.15, 0.2) is 0 Å². The quantitative estimate of drug-likeness (QED) is 0.700. The van der Waals surface area contributed by atoms with Crippen LogP contribution in [0.3, 0.4) is 0 Å². The van der Waals surface area contributed by atoms with Gasteiger partial charge in [-0.1, -0.05) is 25.4 Å². The monoisotopic (exact) mass is 427 g/mol. The van der Waals surface area contributed by atoms with Crippen molar-refractivity contribution in [3.8, 4) is 0 Å². The fourth-order valence-electron chi connectivity index (χ4n) is 4.26. The summed E-state index contributed by atoms with van der Waals surface area (Å²) in [5, 5.41) is 0.298. The molecule has 0 saturated carbocycles. The van der Waals surface area contributed by atoms with Gasteiger partial charge in [0.25, 0.3) is 5.91 Å². The molecule has 1 aromatic carbocycles. The van der Waals surface area contributed by atoms with Crippen molar-refractivity contribution >= 4 is 27.5 Å². The zero-order valence-electron chi connectivity index (χ0n) is 16.7. The van der Waals surface area contributed by atoms with Gasteiger partial charge in [-0.25, -0.2) is 8.42 Å². The number of rotatable bonds is 6. The van der Waals surface area contributed by atoms with Crippen molar-refractivity contribution in [3.63, 3.8) is 0 Å². The Balaban J connectivity index is 1.83. The third kappa shape index (κ3) is 4.37. The number of hydrogen-bond acceptors (Lipinski definition) is 4. The SMILES string of the molecule is CCN(CC)S(=O)(=O)c1ccc(Cl)c(C(=O)N2CCCC(N3CCCC3)C2)c1. The minimum Gasteiger partial charge on any atom is -0.337 e. The normalized spacial score (nSPS) is 21.4. The van der Waals surface area contributed by atoms with Crippen molar-refractivity contribution in [1.29, 1.82) is 0 Å². The molecule has 2 fully saturated rings. The Labute approximate surface area is 173 Å². The predicted molar refractivity (Wildman–Crippen MR) is 111 cm³/mol. The summed E-state index contributed by atoms with van der Waals surface area (Å²) in [7, 11) is -3.63. The second kappa shape index (κ2) is 9.11. The molecule has 2 saturated heterocycles. The second-order valence-electron chi connectivity index (χ2n) is 7.52. The number of benzene rings is 1. The molecule has 0 bridgehead atoms. The van der Waals surface area contributed by atoms with E-state index in [-0.39, 0.29) is 16.4 Å². The van der Waals surface area contributed by atoms with Crippen LogP contribution in [0.2, 0.25) is 5.02 Å². The van der Waals surface area contributed by atoms with E-state index in [0.29, 0.717) is 37.2 Å². The Morgan fingerprint density at radius 1 is 1.14 bits per heavy atom. The molecule has 0 spiro atoms. The maximum absolute atomic E-state index is 13.2. The van der Waals surface area contributed by atoms with E-state index in [1.54, 1.807) is 13.8 Å². The molecule has 1 amide bonds. The summed E-state index contributed by atoms with van der Waals surface area (Å²) in [5.74, 6) is -0.175. The van der Waals surface area contributed by atoms with E-state index in [9.17, 15) is 13.2 Å². The summed E-state index contributed by atoms with van der Waals surface area (Å²) in [4.78, 5) is 17.6. The number of amides is 1. The Hall–Kier alpha value is -1.15. The number of hydrogen-bond donors (Lipinski definition) is 0. The third-order valence-corrected chi connectivity index (χ3v) is 8.23. The van der Waals surface area contributed by atoms with E-state index in [0.717, 1.165) is 25.9 Å². The first-order chi connectivity index (χ1) is 13.4. The average Bonchev–Trinajstić information content (AvgIpc) is 3.23. The smallest absolute Gasteiger partial charge is 0.255 e. The van der Waals surface area contributed by atoms with Gasteiger partial charge in [0.2, 0.25) is 10.0 Å². The summed E-state index contributed by atoms with van der Waals surface area (Å²) in [6, 6.07) is 4.84. The molecular formula is C20H30ClN3O3S. The van der Waals surface area contributed by atoms with Gasteiger partial charge in [0.05, 0.1) is 15.5 Å². The van der Waals surface area contributed by atoms with Gasteiger partial charge in [0, 0.05) is 32.2 Å². The molecule has 8 heteroatoms. The van der Waals surface area contributed by atoms with Crippen molar-refractivity contribution in [1.82, 2.24) is 14.1 Å². The van der Waals surface area contributed by atoms with Crippen molar-refractivity contribution in [3.05, 3.63) is 28.8 Å². The predicted octanol–water partition coefficient (Wildman–Crippen LogP) is 3.07. The molecule has 3 rings (SSSR count). The zero-order chi connectivity index (χ0) is 20.3. The van der Waals surface area contributed by atoms with Crippen LogP contribution in [0.15, 0.2) is 23.1 Å². The topological polar surface area (TPSA) is 60.9 Å². The number of halogens is 1. The maximum Gasteiger partial charge on any atom is 0.255 e. The van der Waals surface area contributed by atoms with Crippen molar-refractivity contribution in [2.45, 2.75) is 50.5 Å². The molecular weight excluding hydrogens is 398 g/mol. The highest BCUT2D eigenvalue weighted by molar-refractivity contribution is 7.89. The number of likely N-dealkylation sites (tertiary alicyclic amines) is 2. The standard InChI is InChI=1S/C20H30ClN3O3S/c1-3-24(4-2)28(26,27)17-9-10-19(21)18(14-17)20(25)23-13-7-8-16(15-23)22-11-5-6-12-22/h9-10,14,16H,3-8,11-13,15H2,1-2H3. The van der Waals surface area contributed by atoms with Crippen molar-refractivity contribution in [2.24, 2.45) is 0 Å². The van der Waals surface area contributed by atoms with Crippen LogP contribution in [0, 0.1) is 0 Å². The third-order valence-electron chi connectivity index (χ3n) is 5.85. The van der Waals surface area contributed by atoms with E-state index in [1.165, 1.54) is 35.3 Å². The van der Waals surface area contributed by atoms with Gasteiger partial charge < -0.3 is 4.90 Å². The van der Waals surface area contributed by atoms with E-state index in [1.807, 2.05) is 4.90 Å². The lowest BCUT2D eigenvalue weighted by atomic mass is 10.0. The largest absolute Gasteiger partial charge is 0.337 e. The number of nitrogens with zero attached hydrogens (tertiary/aromatic N) is 3. The van der Waals surface area contributed by atoms with Gasteiger partial charge in [0.1, 0.15) is 0 Å². The summed E-state index contributed by atoms with van der Waals surface area (Å²) in [6.45, 7) is 7.94. The number of carbonyl (C=O) groups is 1. The first-order valence-corrected chi connectivity index (χ1v) is 12.0. The highest BCUT2D eigenvalue weighted by Gasteiger charge is 2.31. The van der Waals surface area contributed by atoms with Crippen molar-refractivity contribution in [2.75, 3.05) is 39.3 Å². The van der Waals surface area contributed by atoms with Crippen LogP contribution in [-0.2, 0) is 10.0 Å². The lowest BCUT2D eigenvalue weighted by Gasteiger charge is -2.37. The molecule has 0 aliphatic carbocycles. The van der Waals surface area contributed by atoms with Gasteiger partial charge in [-0.05, 0) is 57.0 Å². The highest BCUT2D eigenvalue weighted by Crippen LogP contribution is 2.27. The zero-order valence-corrected chi connectivity index (χ0v) is 18.3. The summed E-state index contributed by atoms with van der Waals surface area (Å²) < 4.78 is 27.1. The summed E-state index contributed by atoms with van der Waals surface area (Å²) in [6.07, 6.45) is 4.51. The molecule has 1 unspecified atom stereocenters. The molecule has 2 heterocycles. The van der Waals surface area contributed by atoms with Crippen LogP contribution in [0.4, 0.5) is 0 Å². The lowest BCUT2D eigenvalue weighted by Crippen LogP contribution is -2.49. The van der Waals surface area contributed by atoms with Crippen LogP contribution < -0.4 is 0 Å². The molecule has 28 heavy (non-hydrogen) atoms. The number of carbonyl (C=O) groups excluding carboxylic acids is 1. The first kappa shape index (κ1) is 21.6. The van der Waals surface area contributed by atoms with Gasteiger partial charge in [-0.15, -0.1) is 0 Å². The second-order valence-corrected chi connectivity index (χ2v) is 9.87.